The number of rotatable bonds is 10. The Morgan fingerprint density at radius 1 is 1.09 bits per heavy atom. The number of benzene rings is 1. The SMILES string of the molecule is CN(C)c1ccn2ncc(C(=O)N/C(C=NC3CCC(CN4CCN(CC#Cc5cccc6c5n(C)c(=O)n6C5CCC(=O)NC5=O)CC4)CC3)=C(/N)C(F)F)c2n1. The van der Waals surface area contributed by atoms with E-state index in [-0.39, 0.29) is 47.4 Å². The van der Waals surface area contributed by atoms with Crippen molar-refractivity contribution in [3.63, 3.8) is 0 Å². The molecule has 18 heteroatoms. The fraction of sp³-hybridized carbons (Fsp3) is 0.475. The zero-order valence-electron chi connectivity index (χ0n) is 32.8. The van der Waals surface area contributed by atoms with Crippen molar-refractivity contribution in [3.8, 4) is 11.8 Å². The molecule has 3 fully saturated rings. The number of alkyl halides is 2. The van der Waals surface area contributed by atoms with Crippen LogP contribution in [0.2, 0.25) is 0 Å². The highest BCUT2D eigenvalue weighted by atomic mass is 19.3. The van der Waals surface area contributed by atoms with Gasteiger partial charge in [-0.05, 0) is 56.2 Å². The second kappa shape index (κ2) is 17.3. The van der Waals surface area contributed by atoms with Gasteiger partial charge >= 0.3 is 5.69 Å². The number of nitrogens with one attached hydrogen (secondary N) is 2. The summed E-state index contributed by atoms with van der Waals surface area (Å²) in [4.78, 5) is 66.4. The van der Waals surface area contributed by atoms with Crippen LogP contribution in [0.15, 0.2) is 57.8 Å². The summed E-state index contributed by atoms with van der Waals surface area (Å²) in [5, 5.41) is 9.02. The van der Waals surface area contributed by atoms with Crippen molar-refractivity contribution >= 4 is 46.4 Å². The third-order valence-electron chi connectivity index (χ3n) is 11.2. The molecule has 16 nitrogen and oxygen atoms in total. The molecule has 0 radical (unpaired) electrons. The first-order valence-electron chi connectivity index (χ1n) is 19.5. The second-order valence-electron chi connectivity index (χ2n) is 15.3. The summed E-state index contributed by atoms with van der Waals surface area (Å²) in [7, 11) is 5.30. The lowest BCUT2D eigenvalue weighted by molar-refractivity contribution is -0.135. The number of aromatic nitrogens is 5. The number of hydrogen-bond acceptors (Lipinski definition) is 11. The third kappa shape index (κ3) is 8.65. The van der Waals surface area contributed by atoms with Crippen LogP contribution in [-0.4, -0.2) is 123 Å². The summed E-state index contributed by atoms with van der Waals surface area (Å²) in [5.41, 5.74) is 6.80. The van der Waals surface area contributed by atoms with Gasteiger partial charge in [0.2, 0.25) is 11.8 Å². The van der Waals surface area contributed by atoms with Crippen molar-refractivity contribution in [1.82, 2.24) is 44.2 Å². The Balaban J connectivity index is 0.891. The number of allylic oxidation sites excluding steroid dienone is 2. The van der Waals surface area contributed by atoms with Gasteiger partial charge < -0.3 is 20.9 Å². The number of nitrogens with two attached hydrogens (primary N) is 1. The van der Waals surface area contributed by atoms with Gasteiger partial charge in [-0.25, -0.2) is 23.1 Å². The summed E-state index contributed by atoms with van der Waals surface area (Å²) in [6, 6.07) is 6.42. The van der Waals surface area contributed by atoms with E-state index in [9.17, 15) is 28.0 Å². The molecule has 1 saturated carbocycles. The lowest BCUT2D eigenvalue weighted by Crippen LogP contribution is -2.48. The van der Waals surface area contributed by atoms with Gasteiger partial charge in [0.05, 0.1) is 41.1 Å². The first kappa shape index (κ1) is 40.3. The normalized spacial score (nSPS) is 21.3. The molecule has 3 aromatic heterocycles. The average molecular weight is 799 g/mol. The van der Waals surface area contributed by atoms with E-state index in [1.165, 1.54) is 26.1 Å². The minimum Gasteiger partial charge on any atom is -0.396 e. The number of aryl methyl sites for hydroxylation is 1. The molecule has 2 saturated heterocycles. The Morgan fingerprint density at radius 2 is 1.83 bits per heavy atom. The molecule has 5 heterocycles. The molecule has 7 rings (SSSR count). The van der Waals surface area contributed by atoms with Crippen LogP contribution in [0.3, 0.4) is 0 Å². The molecule has 58 heavy (non-hydrogen) atoms. The predicted molar refractivity (Wildman–Crippen MR) is 215 cm³/mol. The van der Waals surface area contributed by atoms with E-state index in [0.717, 1.165) is 58.4 Å². The number of piperazine rings is 1. The highest BCUT2D eigenvalue weighted by molar-refractivity contribution is 6.03. The number of carbonyl (C=O) groups excluding carboxylic acids is 3. The minimum absolute atomic E-state index is 0.0744. The Labute approximate surface area is 333 Å². The van der Waals surface area contributed by atoms with Gasteiger partial charge in [0, 0.05) is 72.7 Å². The number of imidazole rings is 1. The highest BCUT2D eigenvalue weighted by Crippen LogP contribution is 2.28. The number of nitrogens with zero attached hydrogens (tertiary/aromatic N) is 9. The molecule has 4 aromatic rings. The second-order valence-corrected chi connectivity index (χ2v) is 15.3. The fourth-order valence-electron chi connectivity index (χ4n) is 7.92. The van der Waals surface area contributed by atoms with Crippen LogP contribution in [0.4, 0.5) is 14.6 Å². The zero-order chi connectivity index (χ0) is 41.1. The molecule has 306 valence electrons. The molecule has 3 amide bonds. The maximum absolute atomic E-state index is 13.7. The van der Waals surface area contributed by atoms with Gasteiger partial charge in [0.25, 0.3) is 12.3 Å². The van der Waals surface area contributed by atoms with E-state index in [4.69, 9.17) is 5.73 Å². The molecule has 0 bridgehead atoms. The van der Waals surface area contributed by atoms with Gasteiger partial charge in [-0.2, -0.15) is 5.10 Å². The standard InChI is InChI=1S/C40H48F2N12O4/c1-49(2)32-15-17-53-37(47-32)28(22-45-53)38(56)46-29(34(43)36(41)42)23-44-27-11-9-25(10-12-27)24-52-20-18-51(19-21-52)16-5-7-26-6-4-8-30-35(26)50(3)40(58)54(30)31-13-14-33(55)48-39(31)57/h4,6,8,15,17,22-23,25,27,31,36H,9-14,16,18-21,24,43H2,1-3H3,(H,46,56)(H,48,55,57)/b34-29+,44-23?. The number of anilines is 1. The molecule has 1 atom stereocenters. The molecule has 1 aliphatic carbocycles. The molecule has 3 aliphatic rings. The molecule has 0 spiro atoms. The summed E-state index contributed by atoms with van der Waals surface area (Å²) in [6.45, 7) is 5.12. The minimum atomic E-state index is -2.98. The Kier molecular flexibility index (Phi) is 12.0. The van der Waals surface area contributed by atoms with E-state index in [1.807, 2.05) is 26.2 Å². The number of halogens is 2. The van der Waals surface area contributed by atoms with Crippen molar-refractivity contribution in [1.29, 1.82) is 0 Å². The quantitative estimate of drug-likeness (QED) is 0.122. The Bertz CT molecular complexity index is 2390. The summed E-state index contributed by atoms with van der Waals surface area (Å²) >= 11 is 0. The number of carbonyl (C=O) groups is 3. The highest BCUT2D eigenvalue weighted by Gasteiger charge is 2.32. The molecule has 1 unspecified atom stereocenters. The monoisotopic (exact) mass is 798 g/mol. The summed E-state index contributed by atoms with van der Waals surface area (Å²) < 4.78 is 31.9. The van der Waals surface area contributed by atoms with Gasteiger partial charge in [-0.15, -0.1) is 0 Å². The number of para-hydroxylation sites is 1. The van der Waals surface area contributed by atoms with E-state index in [2.05, 4.69) is 47.3 Å². The molecule has 2 aliphatic heterocycles. The topological polar surface area (TPSA) is 180 Å². The lowest BCUT2D eigenvalue weighted by Gasteiger charge is -2.37. The number of piperidine rings is 1. The van der Waals surface area contributed by atoms with Crippen LogP contribution in [0.5, 0.6) is 0 Å². The van der Waals surface area contributed by atoms with Crippen molar-refractivity contribution in [2.75, 3.05) is 58.3 Å². The lowest BCUT2D eigenvalue weighted by atomic mass is 9.86. The van der Waals surface area contributed by atoms with Crippen LogP contribution in [0.25, 0.3) is 16.7 Å². The number of imide groups is 1. The van der Waals surface area contributed by atoms with Crippen molar-refractivity contribution in [2.45, 2.75) is 57.0 Å². The maximum Gasteiger partial charge on any atom is 0.329 e. The van der Waals surface area contributed by atoms with Gasteiger partial charge in [-0.3, -0.25) is 38.7 Å². The fourth-order valence-corrected chi connectivity index (χ4v) is 7.92. The molecule has 4 N–H and O–H groups in total. The largest absolute Gasteiger partial charge is 0.396 e. The van der Waals surface area contributed by atoms with Gasteiger partial charge in [0.15, 0.2) is 5.65 Å². The van der Waals surface area contributed by atoms with E-state index in [0.29, 0.717) is 34.9 Å². The zero-order valence-corrected chi connectivity index (χ0v) is 32.8. The van der Waals surface area contributed by atoms with Crippen LogP contribution >= 0.6 is 0 Å². The first-order valence-corrected chi connectivity index (χ1v) is 19.5. The van der Waals surface area contributed by atoms with Crippen LogP contribution < -0.4 is 27.0 Å². The molecular formula is C40H48F2N12O4. The maximum atomic E-state index is 13.7. The number of fused-ring (bicyclic) bond motifs is 2. The molecular weight excluding hydrogens is 751 g/mol. The van der Waals surface area contributed by atoms with E-state index >= 15 is 0 Å². The number of hydrogen-bond donors (Lipinski definition) is 3. The summed E-state index contributed by atoms with van der Waals surface area (Å²) in [6.07, 6.45) is 5.23. The first-order chi connectivity index (χ1) is 27.9. The summed E-state index contributed by atoms with van der Waals surface area (Å²) in [5.74, 6) is 6.18. The average Bonchev–Trinajstić information content (AvgIpc) is 3.75. The van der Waals surface area contributed by atoms with Crippen LogP contribution in [0.1, 0.15) is 60.5 Å². The van der Waals surface area contributed by atoms with Crippen molar-refractivity contribution in [3.05, 3.63) is 69.7 Å². The van der Waals surface area contributed by atoms with E-state index < -0.39 is 30.0 Å². The Hall–Kier alpha value is -5.93. The van der Waals surface area contributed by atoms with Crippen LogP contribution in [0, 0.1) is 17.8 Å². The number of aliphatic imine (C=N–C) groups is 1. The Morgan fingerprint density at radius 3 is 2.53 bits per heavy atom. The van der Waals surface area contributed by atoms with Gasteiger partial charge in [-0.1, -0.05) is 17.9 Å². The predicted octanol–water partition coefficient (Wildman–Crippen LogP) is 1.89. The van der Waals surface area contributed by atoms with Gasteiger partial charge in [0.1, 0.15) is 23.1 Å². The van der Waals surface area contributed by atoms with Crippen molar-refractivity contribution in [2.24, 2.45) is 23.7 Å². The van der Waals surface area contributed by atoms with E-state index in [1.54, 1.807) is 30.3 Å². The molecule has 1 aromatic carbocycles. The smallest absolute Gasteiger partial charge is 0.329 e. The number of amides is 3. The third-order valence-corrected chi connectivity index (χ3v) is 11.2. The van der Waals surface area contributed by atoms with Crippen molar-refractivity contribution < 1.29 is 23.2 Å². The van der Waals surface area contributed by atoms with Crippen LogP contribution in [-0.2, 0) is 16.6 Å².